The van der Waals surface area contributed by atoms with Crippen LogP contribution in [0.1, 0.15) is 51.9 Å². The van der Waals surface area contributed by atoms with Gasteiger partial charge in [0.05, 0.1) is 28.1 Å². The van der Waals surface area contributed by atoms with Gasteiger partial charge in [0.15, 0.2) is 0 Å². The van der Waals surface area contributed by atoms with Gasteiger partial charge in [-0.2, -0.15) is 0 Å². The number of nitrogens with zero attached hydrogens (tertiary/aromatic N) is 1. The highest BCUT2D eigenvalue weighted by atomic mass is 35.5. The zero-order valence-electron chi connectivity index (χ0n) is 19.8. The van der Waals surface area contributed by atoms with Crippen molar-refractivity contribution < 1.29 is 24.2 Å². The van der Waals surface area contributed by atoms with E-state index in [2.05, 4.69) is 10.6 Å². The lowest BCUT2D eigenvalue weighted by Gasteiger charge is -2.33. The second-order valence-electron chi connectivity index (χ2n) is 9.59. The second kappa shape index (κ2) is 9.84. The van der Waals surface area contributed by atoms with Crippen molar-refractivity contribution in [1.82, 2.24) is 10.2 Å². The van der Waals surface area contributed by atoms with Gasteiger partial charge < -0.3 is 25.4 Å². The van der Waals surface area contributed by atoms with Crippen molar-refractivity contribution in [3.8, 4) is 0 Å². The molecule has 34 heavy (non-hydrogen) atoms. The fraction of sp³-hybridized carbons (Fsp3) is 0.640. The summed E-state index contributed by atoms with van der Waals surface area (Å²) in [6.07, 6.45) is 4.86. The van der Waals surface area contributed by atoms with E-state index in [9.17, 15) is 14.4 Å². The molecule has 0 radical (unpaired) electrons. The molecule has 3 amide bonds. The predicted octanol–water partition coefficient (Wildman–Crippen LogP) is 2.73. The summed E-state index contributed by atoms with van der Waals surface area (Å²) < 4.78 is 6.65. The van der Waals surface area contributed by atoms with Gasteiger partial charge in [-0.3, -0.25) is 14.4 Å². The van der Waals surface area contributed by atoms with Gasteiger partial charge in [-0.15, -0.1) is 0 Å². The minimum absolute atomic E-state index is 0.136. The number of amides is 3. The summed E-state index contributed by atoms with van der Waals surface area (Å²) in [5.74, 6) is -2.06. The molecule has 3 N–H and O–H groups in total. The van der Waals surface area contributed by atoms with Crippen LogP contribution in [0.2, 0.25) is 5.02 Å². The molecule has 1 aromatic rings. The third-order valence-corrected chi connectivity index (χ3v) is 8.23. The molecule has 0 saturated carbocycles. The number of para-hydroxylation sites is 1. The van der Waals surface area contributed by atoms with Crippen molar-refractivity contribution in [3.05, 3.63) is 29.3 Å². The highest BCUT2D eigenvalue weighted by molar-refractivity contribution is 6.33. The summed E-state index contributed by atoms with van der Waals surface area (Å²) in [7, 11) is 1.57. The molecule has 3 heterocycles. The topological polar surface area (TPSA) is 108 Å². The van der Waals surface area contributed by atoms with Gasteiger partial charge >= 0.3 is 0 Å². The number of hydrogen-bond acceptors (Lipinski definition) is 5. The first-order valence-electron chi connectivity index (χ1n) is 12.2. The van der Waals surface area contributed by atoms with Crippen molar-refractivity contribution in [2.24, 2.45) is 11.8 Å². The zero-order valence-corrected chi connectivity index (χ0v) is 20.6. The number of aliphatic hydroxyl groups excluding tert-OH is 1. The summed E-state index contributed by atoms with van der Waals surface area (Å²) >= 11 is 6.29. The van der Waals surface area contributed by atoms with E-state index >= 15 is 0 Å². The number of benzene rings is 1. The molecule has 3 aliphatic rings. The highest BCUT2D eigenvalue weighted by Gasteiger charge is 2.78. The average molecular weight is 492 g/mol. The number of unbranched alkanes of at least 4 members (excludes halogenated alkanes) is 3. The third-order valence-electron chi connectivity index (χ3n) is 7.90. The molecule has 0 aromatic heterocycles. The SMILES string of the molecule is CC[C@@]12CCC3(O1)C(C(=O)Nc1ccccc1Cl)N(CCCCCCO)C(=O)[C@@H]3[C@@H]2C(=O)NC. The van der Waals surface area contributed by atoms with Crippen LogP contribution in [0.15, 0.2) is 24.3 Å². The first-order chi connectivity index (χ1) is 16.3. The van der Waals surface area contributed by atoms with Crippen molar-refractivity contribution in [2.45, 2.75) is 69.1 Å². The molecule has 0 aliphatic carbocycles. The van der Waals surface area contributed by atoms with E-state index in [4.69, 9.17) is 21.4 Å². The Kier molecular flexibility index (Phi) is 7.22. The standard InChI is InChI=1S/C25H34ClN3O5/c1-3-24-12-13-25(34-24)19(18(24)21(31)27-2)23(33)29(14-8-4-5-9-15-30)20(25)22(32)28-17-11-7-6-10-16(17)26/h6-7,10-11,18-20,30H,3-5,8-9,12-15H2,1-2H3,(H,27,31)(H,28,32)/t18-,19+,20?,24+,25?/m1/s1. The lowest BCUT2D eigenvalue weighted by molar-refractivity contribution is -0.145. The van der Waals surface area contributed by atoms with Gasteiger partial charge in [-0.1, -0.05) is 43.5 Å². The van der Waals surface area contributed by atoms with Crippen LogP contribution in [0, 0.1) is 11.8 Å². The molecule has 3 saturated heterocycles. The largest absolute Gasteiger partial charge is 0.396 e. The van der Waals surface area contributed by atoms with E-state index in [0.29, 0.717) is 49.4 Å². The summed E-state index contributed by atoms with van der Waals surface area (Å²) in [6, 6.07) is 6.14. The molecule has 3 aliphatic heterocycles. The third kappa shape index (κ3) is 3.89. The number of anilines is 1. The number of aliphatic hydroxyl groups is 1. The Morgan fingerprint density at radius 2 is 1.91 bits per heavy atom. The van der Waals surface area contributed by atoms with Crippen LogP contribution < -0.4 is 10.6 Å². The first-order valence-corrected chi connectivity index (χ1v) is 12.6. The lowest BCUT2D eigenvalue weighted by atomic mass is 9.65. The van der Waals surface area contributed by atoms with Gasteiger partial charge in [-0.25, -0.2) is 0 Å². The fourth-order valence-electron chi connectivity index (χ4n) is 6.32. The number of hydrogen-bond donors (Lipinski definition) is 3. The van der Waals surface area contributed by atoms with Gasteiger partial charge in [0, 0.05) is 20.2 Å². The Hall–Kier alpha value is -2.16. The minimum Gasteiger partial charge on any atom is -0.396 e. The Labute approximate surface area is 205 Å². The van der Waals surface area contributed by atoms with Crippen LogP contribution in [0.5, 0.6) is 0 Å². The lowest BCUT2D eigenvalue weighted by Crippen LogP contribution is -2.53. The van der Waals surface area contributed by atoms with Crippen LogP contribution >= 0.6 is 11.6 Å². The number of carbonyl (C=O) groups excluding carboxylic acids is 3. The van der Waals surface area contributed by atoms with Crippen molar-refractivity contribution in [1.29, 1.82) is 0 Å². The van der Waals surface area contributed by atoms with E-state index < -0.39 is 29.1 Å². The van der Waals surface area contributed by atoms with E-state index in [1.54, 1.807) is 36.2 Å². The van der Waals surface area contributed by atoms with Gasteiger partial charge in [0.1, 0.15) is 11.6 Å². The van der Waals surface area contributed by atoms with Gasteiger partial charge in [-0.05, 0) is 44.2 Å². The molecule has 2 unspecified atom stereocenters. The number of fused-ring (bicyclic) bond motifs is 1. The maximum atomic E-state index is 13.8. The van der Waals surface area contributed by atoms with Crippen LogP contribution in [0.4, 0.5) is 5.69 Å². The Morgan fingerprint density at radius 1 is 1.18 bits per heavy atom. The molecule has 2 bridgehead atoms. The maximum absolute atomic E-state index is 13.8. The van der Waals surface area contributed by atoms with Crippen LogP contribution in [0.25, 0.3) is 0 Å². The highest BCUT2D eigenvalue weighted by Crippen LogP contribution is 2.64. The van der Waals surface area contributed by atoms with Crippen molar-refractivity contribution in [3.63, 3.8) is 0 Å². The minimum atomic E-state index is -1.04. The first kappa shape index (κ1) is 24.9. The van der Waals surface area contributed by atoms with E-state index in [-0.39, 0.29) is 24.3 Å². The van der Waals surface area contributed by atoms with Crippen LogP contribution in [-0.2, 0) is 19.1 Å². The quantitative estimate of drug-likeness (QED) is 0.436. The summed E-state index contributed by atoms with van der Waals surface area (Å²) in [6.45, 7) is 2.50. The predicted molar refractivity (Wildman–Crippen MR) is 128 cm³/mol. The van der Waals surface area contributed by atoms with E-state index in [1.165, 1.54) is 0 Å². The maximum Gasteiger partial charge on any atom is 0.250 e. The number of ether oxygens (including phenoxy) is 1. The van der Waals surface area contributed by atoms with E-state index in [0.717, 1.165) is 12.8 Å². The molecular weight excluding hydrogens is 458 g/mol. The zero-order chi connectivity index (χ0) is 24.5. The molecule has 9 heteroatoms. The Bertz CT molecular complexity index is 958. The number of likely N-dealkylation sites (tertiary alicyclic amines) is 1. The Morgan fingerprint density at radius 3 is 2.59 bits per heavy atom. The molecule has 186 valence electrons. The van der Waals surface area contributed by atoms with Crippen molar-refractivity contribution >= 4 is 35.0 Å². The smallest absolute Gasteiger partial charge is 0.250 e. The monoisotopic (exact) mass is 491 g/mol. The second-order valence-corrected chi connectivity index (χ2v) is 9.99. The molecular formula is C25H34ClN3O5. The van der Waals surface area contributed by atoms with Gasteiger partial charge in [0.25, 0.3) is 0 Å². The summed E-state index contributed by atoms with van der Waals surface area (Å²) in [5, 5.41) is 15.1. The number of carbonyl (C=O) groups is 3. The molecule has 8 nitrogen and oxygen atoms in total. The fourth-order valence-corrected chi connectivity index (χ4v) is 6.51. The number of rotatable bonds is 10. The molecule has 1 aromatic carbocycles. The van der Waals surface area contributed by atoms with Crippen LogP contribution in [0.3, 0.4) is 0 Å². The molecule has 1 spiro atoms. The Balaban J connectivity index is 1.68. The number of halogens is 1. The molecule has 5 atom stereocenters. The average Bonchev–Trinajstić information content (AvgIpc) is 3.43. The van der Waals surface area contributed by atoms with E-state index in [1.807, 2.05) is 6.92 Å². The molecule has 3 fully saturated rings. The summed E-state index contributed by atoms with van der Waals surface area (Å²) in [5.41, 5.74) is -1.30. The van der Waals surface area contributed by atoms with Crippen LogP contribution in [-0.4, -0.2) is 65.2 Å². The normalized spacial score (nSPS) is 31.6. The summed E-state index contributed by atoms with van der Waals surface area (Å²) in [4.78, 5) is 42.2. The van der Waals surface area contributed by atoms with Gasteiger partial charge in [0.2, 0.25) is 17.7 Å². The van der Waals surface area contributed by atoms with Crippen molar-refractivity contribution in [2.75, 3.05) is 25.5 Å². The molecule has 4 rings (SSSR count). The number of nitrogens with one attached hydrogen (secondary N) is 2.